The molecule has 29 heavy (non-hydrogen) atoms. The van der Waals surface area contributed by atoms with Crippen molar-refractivity contribution in [1.82, 2.24) is 4.57 Å². The Bertz CT molecular complexity index is 1010. The number of rotatable bonds is 6. The first-order valence-corrected chi connectivity index (χ1v) is 9.68. The molecule has 0 saturated heterocycles. The van der Waals surface area contributed by atoms with Gasteiger partial charge in [-0.3, -0.25) is 0 Å². The summed E-state index contributed by atoms with van der Waals surface area (Å²) in [7, 11) is 0. The Morgan fingerprint density at radius 1 is 1.14 bits per heavy atom. The van der Waals surface area contributed by atoms with E-state index in [1.165, 1.54) is 0 Å². The average Bonchev–Trinajstić information content (AvgIpc) is 3.09. The summed E-state index contributed by atoms with van der Waals surface area (Å²) >= 11 is 0. The molecule has 2 atom stereocenters. The predicted molar refractivity (Wildman–Crippen MR) is 111 cm³/mol. The summed E-state index contributed by atoms with van der Waals surface area (Å²) in [4.78, 5) is 24.3. The fourth-order valence-corrected chi connectivity index (χ4v) is 3.36. The number of aryl methyl sites for hydroxylation is 2. The normalized spacial score (nSPS) is 13.1. The zero-order valence-electron chi connectivity index (χ0n) is 16.9. The van der Waals surface area contributed by atoms with Gasteiger partial charge in [0.2, 0.25) is 0 Å². The first kappa shape index (κ1) is 20.6. The zero-order valence-corrected chi connectivity index (χ0v) is 16.9. The lowest BCUT2D eigenvalue weighted by Crippen LogP contribution is -2.38. The molecule has 6 heteroatoms. The smallest absolute Gasteiger partial charge is 0.429 e. The summed E-state index contributed by atoms with van der Waals surface area (Å²) in [6, 6.07) is 14.4. The highest BCUT2D eigenvalue weighted by molar-refractivity contribution is 5.89. The first-order chi connectivity index (χ1) is 13.9. The van der Waals surface area contributed by atoms with Crippen LogP contribution in [0.3, 0.4) is 0 Å². The molecule has 0 amide bonds. The number of fused-ring (bicyclic) bond motifs is 1. The van der Waals surface area contributed by atoms with Crippen LogP contribution in [-0.4, -0.2) is 22.7 Å². The van der Waals surface area contributed by atoms with Gasteiger partial charge in [0, 0.05) is 29.6 Å². The number of aromatic nitrogens is 1. The minimum atomic E-state index is -1.05. The average molecular weight is 394 g/mol. The van der Waals surface area contributed by atoms with Crippen molar-refractivity contribution in [3.05, 3.63) is 71.4 Å². The van der Waals surface area contributed by atoms with Crippen molar-refractivity contribution >= 4 is 23.0 Å². The summed E-state index contributed by atoms with van der Waals surface area (Å²) in [6.45, 7) is 6.77. The maximum absolute atomic E-state index is 12.4. The number of nitrogens with two attached hydrogens (primary N) is 1. The molecule has 0 saturated carbocycles. The summed E-state index contributed by atoms with van der Waals surface area (Å²) in [6.07, 6.45) is 0.962. The second-order valence-corrected chi connectivity index (χ2v) is 7.15. The van der Waals surface area contributed by atoms with Crippen LogP contribution < -0.4 is 5.73 Å². The monoisotopic (exact) mass is 394 g/mol. The molecule has 0 aliphatic rings. The summed E-state index contributed by atoms with van der Waals surface area (Å²) in [5.74, 6) is -1.14. The Morgan fingerprint density at radius 2 is 1.86 bits per heavy atom. The van der Waals surface area contributed by atoms with Gasteiger partial charge in [-0.2, -0.15) is 0 Å². The van der Waals surface area contributed by atoms with Gasteiger partial charge in [0.05, 0.1) is 0 Å². The molecule has 3 aromatic rings. The van der Waals surface area contributed by atoms with Gasteiger partial charge >= 0.3 is 12.1 Å². The van der Waals surface area contributed by atoms with E-state index in [1.54, 1.807) is 0 Å². The quantitative estimate of drug-likeness (QED) is 0.498. The van der Waals surface area contributed by atoms with Crippen molar-refractivity contribution in [2.45, 2.75) is 45.9 Å². The van der Waals surface area contributed by atoms with E-state index in [0.29, 0.717) is 0 Å². The molecule has 2 N–H and O–H groups in total. The molecule has 0 fully saturated rings. The van der Waals surface area contributed by atoms with E-state index < -0.39 is 18.2 Å². The number of ether oxygens (including phenoxy) is 2. The Labute approximate surface area is 170 Å². The molecule has 3 rings (SSSR count). The number of carbonyl (C=O) groups excluding carboxylic acids is 2. The number of hydrogen-bond donors (Lipinski definition) is 1. The summed E-state index contributed by atoms with van der Waals surface area (Å²) in [5.41, 5.74) is 10.1. The molecule has 152 valence electrons. The number of carbonyl (C=O) groups is 2. The largest absolute Gasteiger partial charge is 0.516 e. The second kappa shape index (κ2) is 8.92. The molecule has 0 aliphatic carbocycles. The highest BCUT2D eigenvalue weighted by atomic mass is 16.7. The maximum atomic E-state index is 12.4. The van der Waals surface area contributed by atoms with Gasteiger partial charge in [-0.15, -0.1) is 0 Å². The topological polar surface area (TPSA) is 83.5 Å². The molecule has 6 nitrogen and oxygen atoms in total. The van der Waals surface area contributed by atoms with Gasteiger partial charge in [0.1, 0.15) is 12.6 Å². The fraction of sp³-hybridized carbons (Fsp3) is 0.304. The molecule has 0 spiro atoms. The van der Waals surface area contributed by atoms with Crippen LogP contribution in [0, 0.1) is 6.92 Å². The molecule has 1 heterocycles. The van der Waals surface area contributed by atoms with E-state index in [-0.39, 0.29) is 12.5 Å². The van der Waals surface area contributed by atoms with Crippen molar-refractivity contribution in [2.24, 2.45) is 5.73 Å². The van der Waals surface area contributed by atoms with E-state index in [2.05, 4.69) is 29.7 Å². The number of nitrogens with zero attached hydrogens (tertiary/aromatic N) is 1. The molecule has 0 aliphatic heterocycles. The lowest BCUT2D eigenvalue weighted by molar-refractivity contribution is -0.142. The summed E-state index contributed by atoms with van der Waals surface area (Å²) in [5, 5.41) is 1.05. The van der Waals surface area contributed by atoms with E-state index in [1.807, 2.05) is 50.4 Å². The number of hydrogen-bond acceptors (Lipinski definition) is 5. The van der Waals surface area contributed by atoms with Crippen molar-refractivity contribution in [1.29, 1.82) is 0 Å². The highest BCUT2D eigenvalue weighted by Gasteiger charge is 2.28. The van der Waals surface area contributed by atoms with Crippen molar-refractivity contribution in [2.75, 3.05) is 0 Å². The lowest BCUT2D eigenvalue weighted by Gasteiger charge is -2.17. The molecular formula is C23H26N2O4. The third-order valence-corrected chi connectivity index (χ3v) is 5.09. The second-order valence-electron chi connectivity index (χ2n) is 7.15. The van der Waals surface area contributed by atoms with Crippen molar-refractivity contribution < 1.29 is 19.1 Å². The van der Waals surface area contributed by atoms with Crippen LogP contribution in [0.15, 0.2) is 54.7 Å². The van der Waals surface area contributed by atoms with Gasteiger partial charge in [-0.05, 0) is 37.1 Å². The van der Waals surface area contributed by atoms with Crippen LogP contribution >= 0.6 is 0 Å². The molecule has 2 aromatic carbocycles. The van der Waals surface area contributed by atoms with Gasteiger partial charge in [0.15, 0.2) is 0 Å². The van der Waals surface area contributed by atoms with Gasteiger partial charge in [-0.1, -0.05) is 48.9 Å². The van der Waals surface area contributed by atoms with E-state index >= 15 is 0 Å². The lowest BCUT2D eigenvalue weighted by atomic mass is 9.93. The van der Waals surface area contributed by atoms with E-state index in [9.17, 15) is 9.59 Å². The molecule has 1 unspecified atom stereocenters. The van der Waals surface area contributed by atoms with Crippen molar-refractivity contribution in [3.8, 4) is 0 Å². The molecule has 1 aromatic heterocycles. The maximum Gasteiger partial charge on any atom is 0.516 e. The minimum absolute atomic E-state index is 0.0288. The Balaban J connectivity index is 1.68. The van der Waals surface area contributed by atoms with Crippen molar-refractivity contribution in [3.63, 3.8) is 0 Å². The minimum Gasteiger partial charge on any atom is -0.429 e. The SMILES string of the molecule is CCn1cc(C(C)[C@H](N)C(=O)OC(=O)OCc2ccccc2)c2cc(C)ccc21. The zero-order chi connectivity index (χ0) is 21.0. The van der Waals surface area contributed by atoms with Crippen LogP contribution in [-0.2, 0) is 27.4 Å². The third-order valence-electron chi connectivity index (χ3n) is 5.09. The third kappa shape index (κ3) is 4.66. The number of esters is 1. The Hall–Kier alpha value is -3.12. The van der Waals surface area contributed by atoms with Gasteiger partial charge in [-0.25, -0.2) is 9.59 Å². The molecule has 0 radical (unpaired) electrons. The standard InChI is InChI=1S/C23H26N2O4/c1-4-25-13-19(18-12-15(2)10-11-20(18)25)16(3)21(24)22(26)29-23(27)28-14-17-8-6-5-7-9-17/h5-13,16,21H,4,14,24H2,1-3H3/t16?,21-/m0/s1. The predicted octanol–water partition coefficient (Wildman–Crippen LogP) is 4.28. The Morgan fingerprint density at radius 3 is 2.55 bits per heavy atom. The summed E-state index contributed by atoms with van der Waals surface area (Å²) < 4.78 is 11.9. The highest BCUT2D eigenvalue weighted by Crippen LogP contribution is 2.30. The number of benzene rings is 2. The van der Waals surface area contributed by atoms with Crippen LogP contribution in [0.2, 0.25) is 0 Å². The van der Waals surface area contributed by atoms with E-state index in [0.717, 1.165) is 34.1 Å². The van der Waals surface area contributed by atoms with Crippen LogP contribution in [0.4, 0.5) is 4.79 Å². The van der Waals surface area contributed by atoms with Crippen LogP contribution in [0.1, 0.15) is 36.5 Å². The van der Waals surface area contributed by atoms with Gasteiger partial charge < -0.3 is 19.8 Å². The Kier molecular flexibility index (Phi) is 6.34. The first-order valence-electron chi connectivity index (χ1n) is 9.68. The van der Waals surface area contributed by atoms with Gasteiger partial charge in [0.25, 0.3) is 0 Å². The van der Waals surface area contributed by atoms with Crippen LogP contribution in [0.25, 0.3) is 10.9 Å². The molecular weight excluding hydrogens is 368 g/mol. The van der Waals surface area contributed by atoms with Crippen LogP contribution in [0.5, 0.6) is 0 Å². The fourth-order valence-electron chi connectivity index (χ4n) is 3.36. The van der Waals surface area contributed by atoms with E-state index in [4.69, 9.17) is 15.2 Å². The molecule has 0 bridgehead atoms.